The highest BCUT2D eigenvalue weighted by Crippen LogP contribution is 2.36. The van der Waals surface area contributed by atoms with Gasteiger partial charge < -0.3 is 24.3 Å². The number of nitrogens with one attached hydrogen (secondary N) is 1. The molecule has 13 heteroatoms. The average Bonchev–Trinajstić information content (AvgIpc) is 3.42. The van der Waals surface area contributed by atoms with E-state index in [1.807, 2.05) is 36.4 Å². The van der Waals surface area contributed by atoms with E-state index in [2.05, 4.69) is 20.3 Å². The highest BCUT2D eigenvalue weighted by Gasteiger charge is 2.51. The van der Waals surface area contributed by atoms with Crippen LogP contribution in [-0.2, 0) is 39.9 Å². The van der Waals surface area contributed by atoms with Gasteiger partial charge in [0.2, 0.25) is 5.82 Å². The Morgan fingerprint density at radius 2 is 1.76 bits per heavy atom. The third-order valence-corrected chi connectivity index (χ3v) is 5.44. The summed E-state index contributed by atoms with van der Waals surface area (Å²) in [6.45, 7) is 3.79. The summed E-state index contributed by atoms with van der Waals surface area (Å²) in [4.78, 5) is 48.1. The SMILES string of the molecule is CC(=O)OCC1OC(n2cnc3c(NCc4ccccc4)nc(C#N)nc32)C(OC(C)=O)C1OC(C)=O. The van der Waals surface area contributed by atoms with Crippen LogP contribution < -0.4 is 5.32 Å². The molecule has 4 rings (SSSR count). The van der Waals surface area contributed by atoms with Crippen molar-refractivity contribution in [3.05, 3.63) is 48.0 Å². The van der Waals surface area contributed by atoms with Gasteiger partial charge in [-0.05, 0) is 5.56 Å². The van der Waals surface area contributed by atoms with Crippen LogP contribution in [0.1, 0.15) is 38.4 Å². The van der Waals surface area contributed by atoms with Gasteiger partial charge in [-0.3, -0.25) is 19.0 Å². The van der Waals surface area contributed by atoms with Crippen LogP contribution in [0.15, 0.2) is 36.7 Å². The maximum absolute atomic E-state index is 11.9. The van der Waals surface area contributed by atoms with E-state index < -0.39 is 42.4 Å². The van der Waals surface area contributed by atoms with Crippen molar-refractivity contribution in [3.63, 3.8) is 0 Å². The molecule has 37 heavy (non-hydrogen) atoms. The van der Waals surface area contributed by atoms with E-state index in [0.29, 0.717) is 17.9 Å². The monoisotopic (exact) mass is 508 g/mol. The predicted octanol–water partition coefficient (Wildman–Crippen LogP) is 1.63. The molecule has 192 valence electrons. The number of rotatable bonds is 8. The van der Waals surface area contributed by atoms with Crippen molar-refractivity contribution in [2.24, 2.45) is 0 Å². The molecule has 1 fully saturated rings. The molecule has 13 nitrogen and oxygen atoms in total. The van der Waals surface area contributed by atoms with Crippen LogP contribution >= 0.6 is 0 Å². The molecular weight excluding hydrogens is 484 g/mol. The second kappa shape index (κ2) is 11.0. The Bertz CT molecular complexity index is 1350. The molecule has 0 aliphatic carbocycles. The molecule has 3 aromatic rings. The molecule has 0 radical (unpaired) electrons. The van der Waals surface area contributed by atoms with Crippen molar-refractivity contribution < 1.29 is 33.3 Å². The largest absolute Gasteiger partial charge is 0.463 e. The number of nitriles is 1. The number of esters is 3. The zero-order chi connectivity index (χ0) is 26.5. The molecular formula is C24H24N6O7. The standard InChI is InChI=1S/C24H24N6O7/c1-13(31)34-11-17-20(35-14(2)32)21(36-15(3)33)24(37-17)30-12-27-19-22(28-18(9-25)29-23(19)30)26-10-16-7-5-4-6-8-16/h4-8,12,17,20-21,24H,10-11H2,1-3H3,(H,26,28,29). The Morgan fingerprint density at radius 3 is 2.41 bits per heavy atom. The first-order valence-corrected chi connectivity index (χ1v) is 11.3. The minimum atomic E-state index is -1.12. The molecule has 1 aromatic carbocycles. The summed E-state index contributed by atoms with van der Waals surface area (Å²) in [5.41, 5.74) is 1.55. The summed E-state index contributed by atoms with van der Waals surface area (Å²) >= 11 is 0. The Kier molecular flexibility index (Phi) is 7.59. The summed E-state index contributed by atoms with van der Waals surface area (Å²) in [5.74, 6) is -1.66. The van der Waals surface area contributed by atoms with E-state index in [9.17, 15) is 19.6 Å². The van der Waals surface area contributed by atoms with Crippen molar-refractivity contribution in [1.29, 1.82) is 5.26 Å². The van der Waals surface area contributed by atoms with E-state index in [1.54, 1.807) is 0 Å². The lowest BCUT2D eigenvalue weighted by molar-refractivity contribution is -0.166. The van der Waals surface area contributed by atoms with Gasteiger partial charge in [0.15, 0.2) is 35.4 Å². The molecule has 3 heterocycles. The molecule has 1 aliphatic heterocycles. The van der Waals surface area contributed by atoms with Gasteiger partial charge in [-0.25, -0.2) is 4.98 Å². The van der Waals surface area contributed by atoms with Crippen molar-refractivity contribution in [2.75, 3.05) is 11.9 Å². The third-order valence-electron chi connectivity index (χ3n) is 5.44. The second-order valence-corrected chi connectivity index (χ2v) is 8.19. The van der Waals surface area contributed by atoms with Gasteiger partial charge in [0.1, 0.15) is 18.8 Å². The molecule has 0 amide bonds. The summed E-state index contributed by atoms with van der Waals surface area (Å²) < 4.78 is 23.5. The van der Waals surface area contributed by atoms with E-state index in [1.165, 1.54) is 31.7 Å². The highest BCUT2D eigenvalue weighted by molar-refractivity contribution is 5.83. The van der Waals surface area contributed by atoms with Crippen molar-refractivity contribution in [1.82, 2.24) is 19.5 Å². The maximum Gasteiger partial charge on any atom is 0.303 e. The van der Waals surface area contributed by atoms with Gasteiger partial charge in [-0.1, -0.05) is 30.3 Å². The van der Waals surface area contributed by atoms with E-state index in [4.69, 9.17) is 18.9 Å². The van der Waals surface area contributed by atoms with Gasteiger partial charge in [0, 0.05) is 27.3 Å². The fourth-order valence-electron chi connectivity index (χ4n) is 3.97. The number of ether oxygens (including phenoxy) is 4. The van der Waals surface area contributed by atoms with Crippen LogP contribution in [-0.4, -0.2) is 62.3 Å². The number of hydrogen-bond acceptors (Lipinski definition) is 12. The van der Waals surface area contributed by atoms with E-state index in [-0.39, 0.29) is 18.1 Å². The van der Waals surface area contributed by atoms with Gasteiger partial charge >= 0.3 is 17.9 Å². The zero-order valence-electron chi connectivity index (χ0n) is 20.3. The van der Waals surface area contributed by atoms with Crippen LogP contribution in [0.5, 0.6) is 0 Å². The number of nitrogens with zero attached hydrogens (tertiary/aromatic N) is 5. The molecule has 1 saturated heterocycles. The molecule has 1 N–H and O–H groups in total. The van der Waals surface area contributed by atoms with Crippen LogP contribution in [0.4, 0.5) is 5.82 Å². The van der Waals surface area contributed by atoms with Crippen LogP contribution in [0.2, 0.25) is 0 Å². The fourth-order valence-corrected chi connectivity index (χ4v) is 3.97. The van der Waals surface area contributed by atoms with Gasteiger partial charge in [-0.15, -0.1) is 0 Å². The number of carbonyl (C=O) groups is 3. The number of imidazole rings is 1. The number of aromatic nitrogens is 4. The highest BCUT2D eigenvalue weighted by atomic mass is 16.7. The lowest BCUT2D eigenvalue weighted by atomic mass is 10.1. The second-order valence-electron chi connectivity index (χ2n) is 8.19. The van der Waals surface area contributed by atoms with Gasteiger partial charge in [-0.2, -0.15) is 15.2 Å². The fraction of sp³-hybridized carbons (Fsp3) is 0.375. The van der Waals surface area contributed by atoms with Gasteiger partial charge in [0.05, 0.1) is 6.33 Å². The van der Waals surface area contributed by atoms with Crippen molar-refractivity contribution in [2.45, 2.75) is 51.9 Å². The van der Waals surface area contributed by atoms with Crippen LogP contribution in [0.25, 0.3) is 11.2 Å². The summed E-state index contributed by atoms with van der Waals surface area (Å²) in [6.07, 6.45) is -2.83. The molecule has 0 bridgehead atoms. The summed E-state index contributed by atoms with van der Waals surface area (Å²) in [6, 6.07) is 11.5. The normalized spacial score (nSPS) is 20.7. The Morgan fingerprint density at radius 1 is 1.05 bits per heavy atom. The molecule has 0 saturated carbocycles. The van der Waals surface area contributed by atoms with Crippen LogP contribution in [0, 0.1) is 11.3 Å². The minimum absolute atomic E-state index is 0.125. The number of carbonyl (C=O) groups excluding carboxylic acids is 3. The average molecular weight is 508 g/mol. The van der Waals surface area contributed by atoms with Crippen molar-refractivity contribution >= 4 is 34.9 Å². The van der Waals surface area contributed by atoms with Gasteiger partial charge in [0.25, 0.3) is 0 Å². The molecule has 4 unspecified atom stereocenters. The number of hydrogen-bond donors (Lipinski definition) is 1. The third kappa shape index (κ3) is 5.81. The number of fused-ring (bicyclic) bond motifs is 1. The lowest BCUT2D eigenvalue weighted by Crippen LogP contribution is -2.40. The predicted molar refractivity (Wildman–Crippen MR) is 125 cm³/mol. The zero-order valence-corrected chi connectivity index (χ0v) is 20.3. The number of anilines is 1. The maximum atomic E-state index is 11.9. The summed E-state index contributed by atoms with van der Waals surface area (Å²) in [5, 5.41) is 12.7. The Hall–Kier alpha value is -4.57. The molecule has 4 atom stereocenters. The molecule has 2 aromatic heterocycles. The first kappa shape index (κ1) is 25.5. The first-order chi connectivity index (χ1) is 17.8. The lowest BCUT2D eigenvalue weighted by Gasteiger charge is -2.23. The molecule has 1 aliphatic rings. The van der Waals surface area contributed by atoms with E-state index >= 15 is 0 Å². The Labute approximate surface area is 211 Å². The smallest absolute Gasteiger partial charge is 0.303 e. The summed E-state index contributed by atoms with van der Waals surface area (Å²) in [7, 11) is 0. The van der Waals surface area contributed by atoms with Crippen LogP contribution in [0.3, 0.4) is 0 Å². The van der Waals surface area contributed by atoms with E-state index in [0.717, 1.165) is 5.56 Å². The molecule has 0 spiro atoms. The minimum Gasteiger partial charge on any atom is -0.463 e. The number of benzene rings is 1. The quantitative estimate of drug-likeness (QED) is 0.345. The van der Waals surface area contributed by atoms with Crippen molar-refractivity contribution in [3.8, 4) is 6.07 Å². The Balaban J connectivity index is 1.73. The topological polar surface area (TPSA) is 168 Å². The first-order valence-electron chi connectivity index (χ1n) is 11.3.